The topological polar surface area (TPSA) is 64.4 Å². The monoisotopic (exact) mass is 312 g/mol. The number of aryl methyl sites for hydroxylation is 1. The van der Waals surface area contributed by atoms with Crippen molar-refractivity contribution in [3.05, 3.63) is 40.9 Å². The lowest BCUT2D eigenvalue weighted by Crippen LogP contribution is -2.32. The maximum Gasteiger partial charge on any atom is 0.266 e. The number of hydrogen-bond acceptors (Lipinski definition) is 4. The van der Waals surface area contributed by atoms with Gasteiger partial charge < -0.3 is 14.6 Å². The fourth-order valence-electron chi connectivity index (χ4n) is 1.68. The van der Waals surface area contributed by atoms with Gasteiger partial charge in [-0.1, -0.05) is 23.7 Å². The lowest BCUT2D eigenvalue weighted by atomic mass is 10.2. The van der Waals surface area contributed by atoms with Gasteiger partial charge in [-0.3, -0.25) is 4.79 Å². The molecular weight excluding hydrogens is 299 g/mol. The second kappa shape index (κ2) is 6.58. The normalized spacial score (nSPS) is 12.0. The third-order valence-electron chi connectivity index (χ3n) is 2.71. The number of ether oxygens (including phenoxy) is 1. The quantitative estimate of drug-likeness (QED) is 0.916. The fraction of sp³-hybridized carbons (Fsp3) is 0.286. The molecule has 1 N–H and O–H groups in total. The van der Waals surface area contributed by atoms with Crippen LogP contribution in [0.4, 0.5) is 10.2 Å². The Morgan fingerprint density at radius 3 is 2.86 bits per heavy atom. The molecule has 1 atom stereocenters. The molecule has 21 heavy (non-hydrogen) atoms. The molecular formula is C14H14ClFN2O3. The smallest absolute Gasteiger partial charge is 0.266 e. The Hall–Kier alpha value is -2.08. The van der Waals surface area contributed by atoms with E-state index in [1.165, 1.54) is 12.1 Å². The summed E-state index contributed by atoms with van der Waals surface area (Å²) in [5.74, 6) is 0.288. The Morgan fingerprint density at radius 1 is 1.52 bits per heavy atom. The Morgan fingerprint density at radius 2 is 2.29 bits per heavy atom. The van der Waals surface area contributed by atoms with E-state index in [1.807, 2.05) is 0 Å². The Kier molecular flexibility index (Phi) is 4.80. The number of anilines is 1. The third kappa shape index (κ3) is 3.95. The van der Waals surface area contributed by atoms with Crippen molar-refractivity contribution in [3.8, 4) is 5.75 Å². The molecule has 112 valence electrons. The molecule has 0 saturated heterocycles. The van der Waals surface area contributed by atoms with E-state index < -0.39 is 11.9 Å². The highest BCUT2D eigenvalue weighted by atomic mass is 35.5. The Bertz CT molecular complexity index is 645. The Balaban J connectivity index is 2.06. The number of halogens is 2. The number of aromatic nitrogens is 1. The average molecular weight is 313 g/mol. The van der Waals surface area contributed by atoms with Gasteiger partial charge in [0.25, 0.3) is 5.91 Å². The van der Waals surface area contributed by atoms with Gasteiger partial charge in [0, 0.05) is 6.07 Å². The lowest BCUT2D eigenvalue weighted by Gasteiger charge is -2.17. The second-order valence-corrected chi connectivity index (χ2v) is 4.81. The summed E-state index contributed by atoms with van der Waals surface area (Å²) in [6, 6.07) is 5.32. The van der Waals surface area contributed by atoms with E-state index in [2.05, 4.69) is 10.5 Å². The molecule has 5 nitrogen and oxygen atoms in total. The molecule has 0 aliphatic carbocycles. The molecule has 0 saturated carbocycles. The molecule has 2 aromatic rings. The number of nitrogens with one attached hydrogen (secondary N) is 1. The first kappa shape index (κ1) is 15.3. The summed E-state index contributed by atoms with van der Waals surface area (Å²) in [4.78, 5) is 12.1. The highest BCUT2D eigenvalue weighted by Crippen LogP contribution is 2.26. The van der Waals surface area contributed by atoms with Gasteiger partial charge in [-0.05, 0) is 31.5 Å². The number of carbonyl (C=O) groups excluding carboxylic acids is 1. The number of nitrogens with zero attached hydrogens (tertiary/aromatic N) is 1. The number of hydrogen-bond donors (Lipinski definition) is 1. The largest absolute Gasteiger partial charge is 0.479 e. The van der Waals surface area contributed by atoms with Gasteiger partial charge in [0.2, 0.25) is 0 Å². The van der Waals surface area contributed by atoms with E-state index in [1.54, 1.807) is 19.9 Å². The zero-order valence-corrected chi connectivity index (χ0v) is 12.3. The summed E-state index contributed by atoms with van der Waals surface area (Å²) < 4.78 is 23.4. The molecule has 0 spiro atoms. The molecule has 2 rings (SSSR count). The van der Waals surface area contributed by atoms with Crippen LogP contribution >= 0.6 is 11.6 Å². The number of benzene rings is 1. The van der Waals surface area contributed by atoms with Crippen molar-refractivity contribution in [2.45, 2.75) is 26.4 Å². The van der Waals surface area contributed by atoms with Crippen molar-refractivity contribution in [1.82, 2.24) is 5.16 Å². The van der Waals surface area contributed by atoms with E-state index in [-0.39, 0.29) is 16.7 Å². The van der Waals surface area contributed by atoms with Crippen LogP contribution in [0.5, 0.6) is 5.75 Å². The van der Waals surface area contributed by atoms with Crippen LogP contribution < -0.4 is 10.1 Å². The summed E-state index contributed by atoms with van der Waals surface area (Å²) in [5.41, 5.74) is 0. The van der Waals surface area contributed by atoms with Gasteiger partial charge in [0.1, 0.15) is 17.3 Å². The first-order valence-corrected chi connectivity index (χ1v) is 6.73. The molecule has 0 radical (unpaired) electrons. The number of amides is 1. The van der Waals surface area contributed by atoms with Crippen LogP contribution in [-0.2, 0) is 4.79 Å². The summed E-state index contributed by atoms with van der Waals surface area (Å²) in [6.07, 6.45) is -0.360. The zero-order chi connectivity index (χ0) is 15.4. The molecule has 0 bridgehead atoms. The summed E-state index contributed by atoms with van der Waals surface area (Å²) >= 11 is 5.87. The van der Waals surface area contributed by atoms with Crippen molar-refractivity contribution in [2.75, 3.05) is 5.32 Å². The fourth-order valence-corrected chi connectivity index (χ4v) is 1.89. The predicted octanol–water partition coefficient (Wildman–Crippen LogP) is 3.57. The van der Waals surface area contributed by atoms with Crippen molar-refractivity contribution in [1.29, 1.82) is 0 Å². The molecule has 1 amide bonds. The minimum absolute atomic E-state index is 0.110. The van der Waals surface area contributed by atoms with Crippen molar-refractivity contribution in [2.24, 2.45) is 0 Å². The van der Waals surface area contributed by atoms with Crippen LogP contribution in [0, 0.1) is 12.7 Å². The summed E-state index contributed by atoms with van der Waals surface area (Å²) in [5, 5.41) is 6.36. The van der Waals surface area contributed by atoms with Crippen LogP contribution in [-0.4, -0.2) is 17.2 Å². The minimum Gasteiger partial charge on any atom is -0.479 e. The molecule has 7 heteroatoms. The van der Waals surface area contributed by atoms with Gasteiger partial charge >= 0.3 is 0 Å². The SMILES string of the molecule is CC[C@H](Oc1ccc(F)cc1Cl)C(=O)Nc1cc(C)on1. The van der Waals surface area contributed by atoms with Crippen LogP contribution in [0.25, 0.3) is 0 Å². The minimum atomic E-state index is -0.773. The van der Waals surface area contributed by atoms with Crippen LogP contribution in [0.2, 0.25) is 5.02 Å². The van der Waals surface area contributed by atoms with E-state index in [4.69, 9.17) is 20.9 Å². The van der Waals surface area contributed by atoms with Crippen LogP contribution in [0.3, 0.4) is 0 Å². The van der Waals surface area contributed by atoms with Gasteiger partial charge in [0.05, 0.1) is 5.02 Å². The maximum atomic E-state index is 13.0. The van der Waals surface area contributed by atoms with E-state index in [9.17, 15) is 9.18 Å². The van der Waals surface area contributed by atoms with E-state index in [0.29, 0.717) is 18.0 Å². The van der Waals surface area contributed by atoms with Crippen molar-refractivity contribution in [3.63, 3.8) is 0 Å². The van der Waals surface area contributed by atoms with Gasteiger partial charge in [-0.2, -0.15) is 0 Å². The van der Waals surface area contributed by atoms with Crippen LogP contribution in [0.1, 0.15) is 19.1 Å². The highest BCUT2D eigenvalue weighted by Gasteiger charge is 2.21. The molecule has 1 heterocycles. The standard InChI is InChI=1S/C14H14ClFN2O3/c1-3-11(14(19)17-13-6-8(2)21-18-13)20-12-5-4-9(16)7-10(12)15/h4-7,11H,3H2,1-2H3,(H,17,18,19)/t11-/m0/s1. The third-order valence-corrected chi connectivity index (χ3v) is 3.00. The molecule has 0 aliphatic heterocycles. The predicted molar refractivity (Wildman–Crippen MR) is 76.0 cm³/mol. The summed E-state index contributed by atoms with van der Waals surface area (Å²) in [7, 11) is 0. The molecule has 0 unspecified atom stereocenters. The van der Waals surface area contributed by atoms with E-state index >= 15 is 0 Å². The van der Waals surface area contributed by atoms with Crippen molar-refractivity contribution >= 4 is 23.3 Å². The van der Waals surface area contributed by atoms with Gasteiger partial charge in [-0.15, -0.1) is 0 Å². The molecule has 0 aliphatic rings. The first-order valence-electron chi connectivity index (χ1n) is 6.35. The average Bonchev–Trinajstić information content (AvgIpc) is 2.83. The Labute approximate surface area is 126 Å². The number of carbonyl (C=O) groups is 1. The van der Waals surface area contributed by atoms with Crippen molar-refractivity contribution < 1.29 is 18.4 Å². The van der Waals surface area contributed by atoms with Gasteiger partial charge in [-0.25, -0.2) is 4.39 Å². The highest BCUT2D eigenvalue weighted by molar-refractivity contribution is 6.32. The lowest BCUT2D eigenvalue weighted by molar-refractivity contribution is -0.122. The first-order chi connectivity index (χ1) is 9.99. The second-order valence-electron chi connectivity index (χ2n) is 4.40. The number of rotatable bonds is 5. The van der Waals surface area contributed by atoms with E-state index in [0.717, 1.165) is 6.07 Å². The molecule has 1 aromatic carbocycles. The molecule has 1 aromatic heterocycles. The summed E-state index contributed by atoms with van der Waals surface area (Å²) in [6.45, 7) is 3.50. The zero-order valence-electron chi connectivity index (χ0n) is 11.5. The van der Waals surface area contributed by atoms with Gasteiger partial charge in [0.15, 0.2) is 11.9 Å². The maximum absolute atomic E-state index is 13.0. The van der Waals surface area contributed by atoms with Crippen LogP contribution in [0.15, 0.2) is 28.8 Å². The molecule has 0 fully saturated rings.